The van der Waals surface area contributed by atoms with Crippen LogP contribution in [-0.4, -0.2) is 48.3 Å². The predicted molar refractivity (Wildman–Crippen MR) is 144 cm³/mol. The summed E-state index contributed by atoms with van der Waals surface area (Å²) in [5.41, 5.74) is 4.47. The number of nitrogens with zero attached hydrogens (tertiary/aromatic N) is 2. The van der Waals surface area contributed by atoms with Gasteiger partial charge in [-0.25, -0.2) is 4.79 Å². The molecule has 1 saturated heterocycles. The molecule has 1 N–H and O–H groups in total. The van der Waals surface area contributed by atoms with Crippen molar-refractivity contribution in [3.63, 3.8) is 0 Å². The second kappa shape index (κ2) is 11.0. The Morgan fingerprint density at radius 3 is 2.17 bits per heavy atom. The molecule has 0 aliphatic carbocycles. The number of H-pyrrole nitrogens is 1. The number of benzene rings is 3. The number of piperidine rings is 1. The standard InChI is InChI=1S/C30H35N3O3/c1-35-25-10-5-8-22(20-25)27(23-9-6-11-26(21-23)36-2)12-7-17-32-18-15-24(16-19-32)33-29-14-4-3-13-28(29)31-30(33)34/h3-6,8-11,13-14,20-21,24,27H,7,12,15-19H2,1-2H3,(H,31,34). The summed E-state index contributed by atoms with van der Waals surface area (Å²) in [6, 6.07) is 25.0. The highest BCUT2D eigenvalue weighted by Crippen LogP contribution is 2.33. The van der Waals surface area contributed by atoms with Crippen LogP contribution in [0.5, 0.6) is 11.5 Å². The van der Waals surface area contributed by atoms with Crippen molar-refractivity contribution in [2.75, 3.05) is 33.9 Å². The molecule has 0 spiro atoms. The average molecular weight is 486 g/mol. The minimum Gasteiger partial charge on any atom is -0.497 e. The van der Waals surface area contributed by atoms with E-state index in [1.165, 1.54) is 11.1 Å². The van der Waals surface area contributed by atoms with E-state index in [9.17, 15) is 4.79 Å². The largest absolute Gasteiger partial charge is 0.497 e. The molecule has 3 aromatic carbocycles. The predicted octanol–water partition coefficient (Wildman–Crippen LogP) is 5.60. The van der Waals surface area contributed by atoms with Crippen LogP contribution in [-0.2, 0) is 0 Å². The van der Waals surface area contributed by atoms with Gasteiger partial charge in [0.1, 0.15) is 11.5 Å². The van der Waals surface area contributed by atoms with Crippen LogP contribution in [0.2, 0.25) is 0 Å². The molecule has 2 heterocycles. The highest BCUT2D eigenvalue weighted by molar-refractivity contribution is 5.75. The van der Waals surface area contributed by atoms with E-state index in [2.05, 4.69) is 46.3 Å². The maximum absolute atomic E-state index is 12.6. The van der Waals surface area contributed by atoms with Crippen LogP contribution >= 0.6 is 0 Å². The van der Waals surface area contributed by atoms with Crippen molar-refractivity contribution in [3.8, 4) is 11.5 Å². The smallest absolute Gasteiger partial charge is 0.326 e. The lowest BCUT2D eigenvalue weighted by atomic mass is 9.87. The first kappa shape index (κ1) is 24.2. The zero-order valence-electron chi connectivity index (χ0n) is 21.2. The maximum Gasteiger partial charge on any atom is 0.326 e. The van der Waals surface area contributed by atoms with Crippen LogP contribution in [0.3, 0.4) is 0 Å². The Kier molecular flexibility index (Phi) is 7.42. The third kappa shape index (κ3) is 5.19. The van der Waals surface area contributed by atoms with E-state index >= 15 is 0 Å². The van der Waals surface area contributed by atoms with Crippen LogP contribution in [0, 0.1) is 0 Å². The molecule has 1 fully saturated rings. The lowest BCUT2D eigenvalue weighted by Gasteiger charge is -2.33. The SMILES string of the molecule is COc1cccc(C(CCCN2CCC(n3c(=O)[nH]c4ccccc43)CC2)c2cccc(OC)c2)c1. The van der Waals surface area contributed by atoms with Crippen LogP contribution in [0.25, 0.3) is 11.0 Å². The quantitative estimate of drug-likeness (QED) is 0.335. The summed E-state index contributed by atoms with van der Waals surface area (Å²) in [5, 5.41) is 0. The number of hydrogen-bond acceptors (Lipinski definition) is 4. The number of rotatable bonds is 9. The average Bonchev–Trinajstić information content (AvgIpc) is 3.27. The molecule has 0 radical (unpaired) electrons. The number of imidazole rings is 1. The van der Waals surface area contributed by atoms with Crippen molar-refractivity contribution in [1.82, 2.24) is 14.5 Å². The summed E-state index contributed by atoms with van der Waals surface area (Å²) < 4.78 is 13.0. The summed E-state index contributed by atoms with van der Waals surface area (Å²) in [6.45, 7) is 3.08. The molecule has 6 nitrogen and oxygen atoms in total. The number of aromatic nitrogens is 2. The first-order chi connectivity index (χ1) is 17.7. The number of nitrogens with one attached hydrogen (secondary N) is 1. The maximum atomic E-state index is 12.6. The van der Waals surface area contributed by atoms with Crippen molar-refractivity contribution in [2.24, 2.45) is 0 Å². The first-order valence-corrected chi connectivity index (χ1v) is 12.9. The van der Waals surface area contributed by atoms with Gasteiger partial charge < -0.3 is 19.4 Å². The van der Waals surface area contributed by atoms with E-state index in [4.69, 9.17) is 9.47 Å². The molecular formula is C30H35N3O3. The van der Waals surface area contributed by atoms with Crippen molar-refractivity contribution in [2.45, 2.75) is 37.6 Å². The third-order valence-corrected chi connectivity index (χ3v) is 7.51. The topological polar surface area (TPSA) is 59.5 Å². The van der Waals surface area contributed by atoms with E-state index in [1.54, 1.807) is 14.2 Å². The fourth-order valence-corrected chi connectivity index (χ4v) is 5.60. The van der Waals surface area contributed by atoms with Gasteiger partial charge >= 0.3 is 5.69 Å². The van der Waals surface area contributed by atoms with Gasteiger partial charge in [-0.2, -0.15) is 0 Å². The third-order valence-electron chi connectivity index (χ3n) is 7.51. The van der Waals surface area contributed by atoms with E-state index in [1.807, 2.05) is 41.0 Å². The number of fused-ring (bicyclic) bond motifs is 1. The fourth-order valence-electron chi connectivity index (χ4n) is 5.60. The van der Waals surface area contributed by atoms with E-state index in [0.29, 0.717) is 0 Å². The van der Waals surface area contributed by atoms with Gasteiger partial charge in [0, 0.05) is 25.0 Å². The van der Waals surface area contributed by atoms with Gasteiger partial charge in [0.25, 0.3) is 0 Å². The van der Waals surface area contributed by atoms with Crippen LogP contribution in [0.4, 0.5) is 0 Å². The van der Waals surface area contributed by atoms with E-state index in [-0.39, 0.29) is 17.6 Å². The molecule has 0 saturated carbocycles. The molecule has 6 heteroatoms. The van der Waals surface area contributed by atoms with Crippen LogP contribution in [0.15, 0.2) is 77.6 Å². The van der Waals surface area contributed by atoms with Crippen molar-refractivity contribution in [1.29, 1.82) is 0 Å². The highest BCUT2D eigenvalue weighted by Gasteiger charge is 2.24. The van der Waals surface area contributed by atoms with E-state index < -0.39 is 0 Å². The molecule has 36 heavy (non-hydrogen) atoms. The number of para-hydroxylation sites is 2. The molecular weight excluding hydrogens is 450 g/mol. The minimum absolute atomic E-state index is 0.00840. The number of aromatic amines is 1. The van der Waals surface area contributed by atoms with Gasteiger partial charge in [-0.05, 0) is 79.8 Å². The second-order valence-electron chi connectivity index (χ2n) is 9.64. The Morgan fingerprint density at radius 1 is 0.889 bits per heavy atom. The Hall–Kier alpha value is -3.51. The molecule has 1 aliphatic rings. The van der Waals surface area contributed by atoms with Crippen molar-refractivity contribution >= 4 is 11.0 Å². The Balaban J connectivity index is 1.23. The number of hydrogen-bond donors (Lipinski definition) is 1. The zero-order chi connectivity index (χ0) is 24.9. The van der Waals surface area contributed by atoms with Crippen molar-refractivity contribution < 1.29 is 9.47 Å². The van der Waals surface area contributed by atoms with Gasteiger partial charge in [0.05, 0.1) is 25.3 Å². The number of methoxy groups -OCH3 is 2. The molecule has 1 aromatic heterocycles. The number of likely N-dealkylation sites (tertiary alicyclic amines) is 1. The lowest BCUT2D eigenvalue weighted by Crippen LogP contribution is -2.37. The van der Waals surface area contributed by atoms with Crippen molar-refractivity contribution in [3.05, 3.63) is 94.4 Å². The normalized spacial score (nSPS) is 15.0. The van der Waals surface area contributed by atoms with Gasteiger partial charge in [-0.3, -0.25) is 4.57 Å². The highest BCUT2D eigenvalue weighted by atomic mass is 16.5. The van der Waals surface area contributed by atoms with E-state index in [0.717, 1.165) is 67.8 Å². The Labute approximate surface area is 212 Å². The summed E-state index contributed by atoms with van der Waals surface area (Å²) in [4.78, 5) is 18.2. The van der Waals surface area contributed by atoms with Crippen LogP contribution in [0.1, 0.15) is 48.8 Å². The summed E-state index contributed by atoms with van der Waals surface area (Å²) in [7, 11) is 3.43. The zero-order valence-corrected chi connectivity index (χ0v) is 21.2. The molecule has 0 bridgehead atoms. The summed E-state index contributed by atoms with van der Waals surface area (Å²) >= 11 is 0. The molecule has 0 atom stereocenters. The molecule has 0 unspecified atom stereocenters. The van der Waals surface area contributed by atoms with Gasteiger partial charge in [-0.15, -0.1) is 0 Å². The van der Waals surface area contributed by atoms with Gasteiger partial charge in [-0.1, -0.05) is 36.4 Å². The summed E-state index contributed by atoms with van der Waals surface area (Å²) in [5.74, 6) is 2.04. The molecule has 188 valence electrons. The molecule has 0 amide bonds. The Bertz CT molecular complexity index is 1300. The van der Waals surface area contributed by atoms with Gasteiger partial charge in [0.15, 0.2) is 0 Å². The minimum atomic E-state index is 0.00840. The monoisotopic (exact) mass is 485 g/mol. The second-order valence-corrected chi connectivity index (χ2v) is 9.64. The molecule has 1 aliphatic heterocycles. The van der Waals surface area contributed by atoms with Gasteiger partial charge in [0.2, 0.25) is 0 Å². The first-order valence-electron chi connectivity index (χ1n) is 12.9. The fraction of sp³-hybridized carbons (Fsp3) is 0.367. The summed E-state index contributed by atoms with van der Waals surface area (Å²) in [6.07, 6.45) is 4.13. The molecule has 5 rings (SSSR count). The lowest BCUT2D eigenvalue weighted by molar-refractivity contribution is 0.183. The Morgan fingerprint density at radius 2 is 1.53 bits per heavy atom. The number of ether oxygens (including phenoxy) is 2. The molecule has 4 aromatic rings. The van der Waals surface area contributed by atoms with Crippen LogP contribution < -0.4 is 15.2 Å².